The first-order valence-corrected chi connectivity index (χ1v) is 6.69. The molecule has 0 amide bonds. The van der Waals surface area contributed by atoms with Gasteiger partial charge < -0.3 is 19.7 Å². The minimum Gasteiger partial charge on any atom is -0.461 e. The number of esters is 1. The second-order valence-corrected chi connectivity index (χ2v) is 4.39. The number of halogens is 2. The van der Waals surface area contributed by atoms with Crippen molar-refractivity contribution in [2.24, 2.45) is 0 Å². The number of aliphatic hydroxyl groups excluding tert-OH is 2. The van der Waals surface area contributed by atoms with Gasteiger partial charge in [0, 0.05) is 6.61 Å². The van der Waals surface area contributed by atoms with Gasteiger partial charge in [0.1, 0.15) is 19.3 Å². The topological polar surface area (TPSA) is 76.0 Å². The maximum Gasteiger partial charge on any atom is 0.332 e. The molecule has 0 bridgehead atoms. The van der Waals surface area contributed by atoms with Gasteiger partial charge in [0.15, 0.2) is 0 Å². The lowest BCUT2D eigenvalue weighted by Crippen LogP contribution is -2.23. The Morgan fingerprint density at radius 3 is 2.25 bits per heavy atom. The lowest BCUT2D eigenvalue weighted by atomic mass is 10.4. The van der Waals surface area contributed by atoms with Gasteiger partial charge in [-0.2, -0.15) is 0 Å². The van der Waals surface area contributed by atoms with Crippen LogP contribution < -0.4 is 0 Å². The molecule has 1 rings (SSSR count). The largest absolute Gasteiger partial charge is 0.461 e. The second-order valence-electron chi connectivity index (χ2n) is 3.57. The highest BCUT2D eigenvalue weighted by Gasteiger charge is 2.06. The Kier molecular flexibility index (Phi) is 11.4. The fraction of sp³-hybridized carbons (Fsp3) is 0.462. The summed E-state index contributed by atoms with van der Waals surface area (Å²) in [5.41, 5.74) is 0. The predicted molar refractivity (Wildman–Crippen MR) is 77.0 cm³/mol. The first-order chi connectivity index (χ1) is 9.51. The van der Waals surface area contributed by atoms with E-state index in [1.165, 1.54) is 0 Å². The molecule has 5 nitrogen and oxygen atoms in total. The lowest BCUT2D eigenvalue weighted by molar-refractivity contribution is -0.152. The quantitative estimate of drug-likeness (QED) is 0.782. The molecule has 7 heteroatoms. The summed E-state index contributed by atoms with van der Waals surface area (Å²) in [7, 11) is 0. The molecule has 114 valence electrons. The van der Waals surface area contributed by atoms with E-state index in [-0.39, 0.29) is 13.2 Å². The number of carbonyl (C=O) groups is 1. The van der Waals surface area contributed by atoms with Crippen LogP contribution in [0, 0.1) is 0 Å². The van der Waals surface area contributed by atoms with Gasteiger partial charge in [-0.05, 0) is 19.1 Å². The van der Waals surface area contributed by atoms with Crippen LogP contribution in [0.4, 0.5) is 0 Å². The average Bonchev–Trinajstić information content (AvgIpc) is 2.46. The van der Waals surface area contributed by atoms with Gasteiger partial charge >= 0.3 is 5.97 Å². The van der Waals surface area contributed by atoms with Crippen LogP contribution in [0.2, 0.25) is 10.0 Å². The SMILES string of the molecule is CCOCC(=O)OCC(O)CO.Clc1ccccc1Cl. The Bertz CT molecular complexity index is 366. The standard InChI is InChI=1S/C7H14O5.C6H4Cl2/c1-2-11-5-7(10)12-4-6(9)3-8;7-5-3-1-2-4-6(5)8/h6,8-9H,2-5H2,1H3;1-4H. The van der Waals surface area contributed by atoms with Crippen LogP contribution in [0.1, 0.15) is 6.92 Å². The molecule has 0 spiro atoms. The van der Waals surface area contributed by atoms with Gasteiger partial charge in [-0.3, -0.25) is 0 Å². The van der Waals surface area contributed by atoms with Crippen LogP contribution in [-0.2, 0) is 14.3 Å². The summed E-state index contributed by atoms with van der Waals surface area (Å²) in [5.74, 6) is -0.538. The number of aliphatic hydroxyl groups is 2. The molecule has 2 N–H and O–H groups in total. The van der Waals surface area contributed by atoms with Crippen molar-refractivity contribution < 1.29 is 24.5 Å². The van der Waals surface area contributed by atoms with Crippen molar-refractivity contribution in [3.8, 4) is 0 Å². The third kappa shape index (κ3) is 10.00. The predicted octanol–water partition coefficient (Wildman–Crippen LogP) is 1.91. The van der Waals surface area contributed by atoms with Crippen molar-refractivity contribution in [3.63, 3.8) is 0 Å². The third-order valence-corrected chi connectivity index (χ3v) is 2.65. The first kappa shape index (κ1) is 19.1. The van der Waals surface area contributed by atoms with Crippen LogP contribution in [0.25, 0.3) is 0 Å². The zero-order valence-electron chi connectivity index (χ0n) is 11.1. The summed E-state index contributed by atoms with van der Waals surface area (Å²) in [6.45, 7) is 1.48. The van der Waals surface area contributed by atoms with Gasteiger partial charge in [0.25, 0.3) is 0 Å². The van der Waals surface area contributed by atoms with Crippen molar-refractivity contribution in [3.05, 3.63) is 34.3 Å². The van der Waals surface area contributed by atoms with E-state index in [0.717, 1.165) is 0 Å². The van der Waals surface area contributed by atoms with Gasteiger partial charge in [0.05, 0.1) is 16.7 Å². The van der Waals surface area contributed by atoms with E-state index in [2.05, 4.69) is 4.74 Å². The van der Waals surface area contributed by atoms with E-state index < -0.39 is 18.7 Å². The first-order valence-electron chi connectivity index (χ1n) is 5.93. The molecular weight excluding hydrogens is 307 g/mol. The number of rotatable bonds is 6. The highest BCUT2D eigenvalue weighted by Crippen LogP contribution is 2.19. The number of carbonyl (C=O) groups excluding carboxylic acids is 1. The van der Waals surface area contributed by atoms with Crippen molar-refractivity contribution in [2.45, 2.75) is 13.0 Å². The minimum absolute atomic E-state index is 0.116. The second kappa shape index (κ2) is 11.9. The van der Waals surface area contributed by atoms with E-state index in [1.807, 2.05) is 12.1 Å². The number of hydrogen-bond donors (Lipinski definition) is 2. The Hall–Kier alpha value is -0.850. The molecule has 1 unspecified atom stereocenters. The van der Waals surface area contributed by atoms with E-state index in [4.69, 9.17) is 38.2 Å². The van der Waals surface area contributed by atoms with E-state index in [1.54, 1.807) is 19.1 Å². The van der Waals surface area contributed by atoms with Crippen molar-refractivity contribution in [1.82, 2.24) is 0 Å². The molecule has 0 aliphatic carbocycles. The normalized spacial score (nSPS) is 11.2. The number of benzene rings is 1. The molecule has 1 aromatic rings. The summed E-state index contributed by atoms with van der Waals surface area (Å²) in [5, 5.41) is 18.3. The molecule has 0 saturated heterocycles. The van der Waals surface area contributed by atoms with Gasteiger partial charge in [-0.1, -0.05) is 35.3 Å². The van der Waals surface area contributed by atoms with Crippen LogP contribution >= 0.6 is 23.2 Å². The van der Waals surface area contributed by atoms with E-state index >= 15 is 0 Å². The molecule has 0 aromatic heterocycles. The monoisotopic (exact) mass is 324 g/mol. The Labute approximate surface area is 128 Å². The smallest absolute Gasteiger partial charge is 0.332 e. The molecule has 1 atom stereocenters. The van der Waals surface area contributed by atoms with Crippen LogP contribution in [0.5, 0.6) is 0 Å². The van der Waals surface area contributed by atoms with Gasteiger partial charge in [0.2, 0.25) is 0 Å². The molecule has 20 heavy (non-hydrogen) atoms. The number of ether oxygens (including phenoxy) is 2. The van der Waals surface area contributed by atoms with Gasteiger partial charge in [-0.15, -0.1) is 0 Å². The molecule has 1 aromatic carbocycles. The lowest BCUT2D eigenvalue weighted by Gasteiger charge is -2.07. The molecule has 0 radical (unpaired) electrons. The van der Waals surface area contributed by atoms with Crippen molar-refractivity contribution in [1.29, 1.82) is 0 Å². The van der Waals surface area contributed by atoms with Gasteiger partial charge in [-0.25, -0.2) is 4.79 Å². The molecule has 0 heterocycles. The molecule has 0 fully saturated rings. The fourth-order valence-corrected chi connectivity index (χ4v) is 1.18. The third-order valence-electron chi connectivity index (χ3n) is 1.90. The fourth-order valence-electron chi connectivity index (χ4n) is 0.908. The average molecular weight is 325 g/mol. The van der Waals surface area contributed by atoms with Crippen molar-refractivity contribution in [2.75, 3.05) is 26.4 Å². The molecule has 0 saturated carbocycles. The molecule has 0 aliphatic rings. The Morgan fingerprint density at radius 2 is 1.85 bits per heavy atom. The zero-order chi connectivity index (χ0) is 15.4. The Balaban J connectivity index is 0.000000388. The summed E-state index contributed by atoms with van der Waals surface area (Å²) in [4.78, 5) is 10.7. The minimum atomic E-state index is -1.00. The van der Waals surface area contributed by atoms with Crippen LogP contribution in [0.3, 0.4) is 0 Å². The van der Waals surface area contributed by atoms with Crippen LogP contribution in [-0.4, -0.2) is 48.7 Å². The van der Waals surface area contributed by atoms with E-state index in [9.17, 15) is 4.79 Å². The summed E-state index contributed by atoms with van der Waals surface area (Å²) in [6.07, 6.45) is -1.00. The maximum absolute atomic E-state index is 10.7. The van der Waals surface area contributed by atoms with Crippen molar-refractivity contribution >= 4 is 29.2 Å². The van der Waals surface area contributed by atoms with Crippen LogP contribution in [0.15, 0.2) is 24.3 Å². The molecule has 0 aliphatic heterocycles. The highest BCUT2D eigenvalue weighted by atomic mass is 35.5. The zero-order valence-corrected chi connectivity index (χ0v) is 12.6. The summed E-state index contributed by atoms with van der Waals surface area (Å²) >= 11 is 11.2. The summed E-state index contributed by atoms with van der Waals surface area (Å²) in [6, 6.07) is 7.19. The number of hydrogen-bond acceptors (Lipinski definition) is 5. The highest BCUT2D eigenvalue weighted by molar-refractivity contribution is 6.41. The van der Waals surface area contributed by atoms with E-state index in [0.29, 0.717) is 16.7 Å². The Morgan fingerprint density at radius 1 is 1.30 bits per heavy atom. The summed E-state index contributed by atoms with van der Waals surface area (Å²) < 4.78 is 9.27. The molecular formula is C13H18Cl2O5. The maximum atomic E-state index is 10.7.